The topological polar surface area (TPSA) is 113 Å². The minimum absolute atomic E-state index is 0.0286. The number of phenols is 2. The van der Waals surface area contributed by atoms with Crippen molar-refractivity contribution in [1.29, 1.82) is 0 Å². The van der Waals surface area contributed by atoms with E-state index in [1.165, 1.54) is 32.1 Å². The highest BCUT2D eigenvalue weighted by Gasteiger charge is 2.38. The van der Waals surface area contributed by atoms with Crippen LogP contribution >= 0.6 is 11.6 Å². The molecule has 1 aliphatic carbocycles. The highest BCUT2D eigenvalue weighted by atomic mass is 35.5. The van der Waals surface area contributed by atoms with Gasteiger partial charge >= 0.3 is 5.97 Å². The summed E-state index contributed by atoms with van der Waals surface area (Å²) in [4.78, 5) is 18.6. The number of rotatable bonds is 6. The quantitative estimate of drug-likeness (QED) is 0.214. The molecular weight excluding hydrogens is 484 g/mol. The molecular formula is C27H35ClN2O6. The first-order valence-electron chi connectivity index (χ1n) is 12.8. The molecule has 8 nitrogen and oxygen atoms in total. The molecule has 196 valence electrons. The van der Waals surface area contributed by atoms with Crippen molar-refractivity contribution < 1.29 is 29.3 Å². The molecule has 0 spiro atoms. The van der Waals surface area contributed by atoms with Crippen molar-refractivity contribution in [2.75, 3.05) is 13.2 Å². The van der Waals surface area contributed by atoms with Gasteiger partial charge in [0.2, 0.25) is 0 Å². The zero-order valence-electron chi connectivity index (χ0n) is 20.6. The zero-order chi connectivity index (χ0) is 25.5. The van der Waals surface area contributed by atoms with Crippen molar-refractivity contribution in [2.45, 2.75) is 82.6 Å². The minimum atomic E-state index is -0.722. The van der Waals surface area contributed by atoms with Crippen LogP contribution in [0.5, 0.6) is 11.5 Å². The van der Waals surface area contributed by atoms with E-state index in [4.69, 9.17) is 25.9 Å². The maximum absolute atomic E-state index is 13.0. The van der Waals surface area contributed by atoms with Gasteiger partial charge in [0, 0.05) is 24.9 Å². The summed E-state index contributed by atoms with van der Waals surface area (Å²) >= 11 is 6.38. The third kappa shape index (κ3) is 7.24. The second-order valence-electron chi connectivity index (χ2n) is 9.65. The van der Waals surface area contributed by atoms with Gasteiger partial charge in [-0.1, -0.05) is 54.2 Å². The maximum Gasteiger partial charge on any atom is 0.342 e. The molecule has 4 rings (SSSR count). The van der Waals surface area contributed by atoms with Crippen LogP contribution in [-0.2, 0) is 20.7 Å². The van der Waals surface area contributed by atoms with E-state index in [9.17, 15) is 15.0 Å². The molecule has 9 heteroatoms. The van der Waals surface area contributed by atoms with Crippen molar-refractivity contribution in [2.24, 2.45) is 5.16 Å². The Morgan fingerprint density at radius 2 is 2.00 bits per heavy atom. The van der Waals surface area contributed by atoms with Gasteiger partial charge in [-0.15, -0.1) is 0 Å². The fraction of sp³-hybridized carbons (Fsp3) is 0.556. The van der Waals surface area contributed by atoms with Gasteiger partial charge in [0.15, 0.2) is 0 Å². The second-order valence-corrected chi connectivity index (χ2v) is 10.0. The molecule has 1 aromatic carbocycles. The minimum Gasteiger partial charge on any atom is -0.507 e. The van der Waals surface area contributed by atoms with Crippen LogP contribution in [0.4, 0.5) is 0 Å². The molecule has 1 aromatic rings. The summed E-state index contributed by atoms with van der Waals surface area (Å²) in [6, 6.07) is 1.64. The lowest BCUT2D eigenvalue weighted by atomic mass is 9.95. The number of esters is 1. The van der Waals surface area contributed by atoms with E-state index in [0.29, 0.717) is 24.8 Å². The van der Waals surface area contributed by atoms with Gasteiger partial charge in [0.1, 0.15) is 35.9 Å². The van der Waals surface area contributed by atoms with Crippen LogP contribution in [-0.4, -0.2) is 59.4 Å². The van der Waals surface area contributed by atoms with Crippen LogP contribution in [0.2, 0.25) is 5.02 Å². The molecule has 2 aliphatic heterocycles. The number of aromatic hydroxyl groups is 2. The number of cyclic esters (lactones) is 1. The number of nitrogens with zero attached hydrogens (tertiary/aromatic N) is 1. The van der Waals surface area contributed by atoms with E-state index in [2.05, 4.69) is 10.5 Å². The SMILES string of the molecule is CC1CC2OC2\C=C/C=C/C(=N\OCCCNC2CCCCC2)Cc2c(Cl)c(O)cc(O)c2C(=O)O1. The van der Waals surface area contributed by atoms with Gasteiger partial charge in [0.25, 0.3) is 0 Å². The fourth-order valence-electron chi connectivity index (χ4n) is 4.73. The second kappa shape index (κ2) is 12.6. The van der Waals surface area contributed by atoms with E-state index < -0.39 is 17.8 Å². The number of fused-ring (bicyclic) bond motifs is 2. The molecule has 36 heavy (non-hydrogen) atoms. The van der Waals surface area contributed by atoms with Gasteiger partial charge in [-0.3, -0.25) is 0 Å². The molecule has 2 heterocycles. The van der Waals surface area contributed by atoms with Crippen molar-refractivity contribution in [3.8, 4) is 11.5 Å². The number of carbonyl (C=O) groups excluding carboxylic acids is 1. The number of halogens is 1. The summed E-state index contributed by atoms with van der Waals surface area (Å²) in [5, 5.41) is 28.5. The standard InChI is InChI=1S/C27H35ClN2O6/c1-17-14-24-23(36-24)11-6-5-10-19(30-34-13-7-12-29-18-8-3-2-4-9-18)15-20-25(27(33)35-17)21(31)16-22(32)26(20)28/h5-6,10-11,16-18,23-24,29,31-32H,2-4,7-9,12-15H2,1H3/b10-5+,11-6-,30-19+. The summed E-state index contributed by atoms with van der Waals surface area (Å²) in [7, 11) is 0. The van der Waals surface area contributed by atoms with E-state index >= 15 is 0 Å². The number of phenolic OH excluding ortho intramolecular Hbond substituents is 2. The van der Waals surface area contributed by atoms with Gasteiger partial charge in [-0.05, 0) is 44.4 Å². The number of allylic oxidation sites excluding steroid dienone is 3. The maximum atomic E-state index is 13.0. The Kier molecular flexibility index (Phi) is 9.29. The lowest BCUT2D eigenvalue weighted by molar-refractivity contribution is 0.0306. The Morgan fingerprint density at radius 1 is 1.19 bits per heavy atom. The van der Waals surface area contributed by atoms with Crippen LogP contribution in [0.3, 0.4) is 0 Å². The third-order valence-corrected chi connectivity index (χ3v) is 7.13. The van der Waals surface area contributed by atoms with Gasteiger partial charge in [-0.25, -0.2) is 4.79 Å². The van der Waals surface area contributed by atoms with Crippen molar-refractivity contribution in [3.05, 3.63) is 46.5 Å². The van der Waals surface area contributed by atoms with Gasteiger partial charge in [0.05, 0.1) is 16.8 Å². The molecule has 0 aromatic heterocycles. The van der Waals surface area contributed by atoms with E-state index in [-0.39, 0.29) is 40.5 Å². The molecule has 3 aliphatic rings. The zero-order valence-corrected chi connectivity index (χ0v) is 21.4. The van der Waals surface area contributed by atoms with E-state index in [1.54, 1.807) is 13.0 Å². The number of epoxide rings is 1. The van der Waals surface area contributed by atoms with Crippen LogP contribution < -0.4 is 5.32 Å². The smallest absolute Gasteiger partial charge is 0.342 e. The Hall–Kier alpha value is -2.55. The molecule has 3 N–H and O–H groups in total. The molecule has 0 bridgehead atoms. The highest BCUT2D eigenvalue weighted by molar-refractivity contribution is 6.33. The van der Waals surface area contributed by atoms with Crippen molar-refractivity contribution in [1.82, 2.24) is 5.32 Å². The Balaban J connectivity index is 1.49. The average Bonchev–Trinajstić information content (AvgIpc) is 3.59. The summed E-state index contributed by atoms with van der Waals surface area (Å²) in [6.07, 6.45) is 14.6. The molecule has 3 atom stereocenters. The fourth-order valence-corrected chi connectivity index (χ4v) is 4.95. The van der Waals surface area contributed by atoms with Crippen LogP contribution in [0.25, 0.3) is 0 Å². The number of benzene rings is 1. The summed E-state index contributed by atoms with van der Waals surface area (Å²) in [5.74, 6) is -1.46. The molecule has 1 saturated carbocycles. The van der Waals surface area contributed by atoms with Crippen molar-refractivity contribution >= 4 is 23.3 Å². The summed E-state index contributed by atoms with van der Waals surface area (Å²) in [5.41, 5.74) is 0.599. The first-order valence-corrected chi connectivity index (χ1v) is 13.2. The number of hydrogen-bond acceptors (Lipinski definition) is 8. The Morgan fingerprint density at radius 3 is 2.81 bits per heavy atom. The van der Waals surface area contributed by atoms with Crippen LogP contribution in [0, 0.1) is 0 Å². The normalized spacial score (nSPS) is 27.9. The summed E-state index contributed by atoms with van der Waals surface area (Å²) in [6.45, 7) is 3.06. The predicted molar refractivity (Wildman–Crippen MR) is 138 cm³/mol. The Labute approximate surface area is 216 Å². The predicted octanol–water partition coefficient (Wildman–Crippen LogP) is 4.81. The van der Waals surface area contributed by atoms with Crippen LogP contribution in [0.1, 0.15) is 67.8 Å². The number of ether oxygens (including phenoxy) is 2. The molecule has 0 radical (unpaired) electrons. The number of nitrogens with one attached hydrogen (secondary N) is 1. The summed E-state index contributed by atoms with van der Waals surface area (Å²) < 4.78 is 11.2. The Bertz CT molecular complexity index is 1020. The first kappa shape index (κ1) is 26.5. The van der Waals surface area contributed by atoms with Gasteiger partial charge in [-0.2, -0.15) is 0 Å². The molecule has 0 amide bonds. The van der Waals surface area contributed by atoms with Crippen molar-refractivity contribution in [3.63, 3.8) is 0 Å². The van der Waals surface area contributed by atoms with E-state index in [0.717, 1.165) is 19.0 Å². The van der Waals surface area contributed by atoms with Gasteiger partial charge < -0.3 is 29.8 Å². The monoisotopic (exact) mass is 518 g/mol. The number of carbonyl (C=O) groups is 1. The molecule has 2 fully saturated rings. The highest BCUT2D eigenvalue weighted by Crippen LogP contribution is 2.38. The van der Waals surface area contributed by atoms with E-state index in [1.807, 2.05) is 18.2 Å². The largest absolute Gasteiger partial charge is 0.507 e. The van der Waals surface area contributed by atoms with Crippen LogP contribution in [0.15, 0.2) is 35.5 Å². The lowest BCUT2D eigenvalue weighted by Gasteiger charge is -2.22. The third-order valence-electron chi connectivity index (χ3n) is 6.71. The molecule has 3 unspecified atom stereocenters. The number of hydrogen-bond donors (Lipinski definition) is 3. The lowest BCUT2D eigenvalue weighted by Crippen LogP contribution is -2.32. The molecule has 1 saturated heterocycles. The number of oxime groups is 1. The average molecular weight is 519 g/mol. The first-order chi connectivity index (χ1) is 17.4.